The monoisotopic (exact) mass is 262 g/mol. The molecule has 0 aromatic heterocycles. The molecule has 1 heterocycles. The third-order valence-electron chi connectivity index (χ3n) is 3.59. The largest absolute Gasteiger partial charge is 0.328 e. The topological polar surface area (TPSA) is 84.4 Å². The summed E-state index contributed by atoms with van der Waals surface area (Å²) in [6.45, 7) is 3.09. The molecular weight excluding hydrogens is 240 g/mol. The van der Waals surface area contributed by atoms with E-state index in [0.29, 0.717) is 12.5 Å². The van der Waals surface area contributed by atoms with Gasteiger partial charge < -0.3 is 5.73 Å². The summed E-state index contributed by atoms with van der Waals surface area (Å²) in [5.41, 5.74) is 10.3. The van der Waals surface area contributed by atoms with E-state index in [1.54, 1.807) is 0 Å². The first-order valence-electron chi connectivity index (χ1n) is 6.72. The molecule has 0 atom stereocenters. The van der Waals surface area contributed by atoms with Crippen LogP contribution in [0.15, 0.2) is 24.3 Å². The Balaban J connectivity index is 1.86. The normalized spacial score (nSPS) is 17.4. The van der Waals surface area contributed by atoms with E-state index in [1.165, 1.54) is 5.56 Å². The lowest BCUT2D eigenvalue weighted by Gasteiger charge is -2.30. The Kier molecular flexibility index (Phi) is 4.90. The van der Waals surface area contributed by atoms with Crippen molar-refractivity contribution in [2.45, 2.75) is 31.8 Å². The molecule has 19 heavy (non-hydrogen) atoms. The summed E-state index contributed by atoms with van der Waals surface area (Å²) in [5, 5.41) is 0. The number of carbonyl (C=O) groups is 1. The van der Waals surface area contributed by atoms with Crippen molar-refractivity contribution in [3.05, 3.63) is 35.4 Å². The van der Waals surface area contributed by atoms with Crippen LogP contribution in [0.3, 0.4) is 0 Å². The minimum atomic E-state index is -0.169. The van der Waals surface area contributed by atoms with E-state index in [-0.39, 0.29) is 5.91 Å². The summed E-state index contributed by atoms with van der Waals surface area (Å²) in [4.78, 5) is 13.6. The Labute approximate surface area is 113 Å². The predicted octanol–water partition coefficient (Wildman–Crippen LogP) is 0.142. The molecule has 5 nitrogen and oxygen atoms in total. The zero-order chi connectivity index (χ0) is 13.7. The number of carbonyl (C=O) groups excluding carboxylic acids is 1. The minimum absolute atomic E-state index is 0.169. The van der Waals surface area contributed by atoms with Gasteiger partial charge in [0.25, 0.3) is 0 Å². The van der Waals surface area contributed by atoms with Crippen molar-refractivity contribution in [2.75, 3.05) is 13.1 Å². The molecule has 1 amide bonds. The van der Waals surface area contributed by atoms with Gasteiger partial charge in [0.05, 0.1) is 6.42 Å². The molecular formula is C14H22N4O. The van der Waals surface area contributed by atoms with Crippen molar-refractivity contribution < 1.29 is 4.79 Å². The first-order chi connectivity index (χ1) is 9.17. The van der Waals surface area contributed by atoms with E-state index in [1.807, 2.05) is 12.1 Å². The molecule has 0 spiro atoms. The van der Waals surface area contributed by atoms with Crippen LogP contribution in [0, 0.1) is 0 Å². The number of nitrogens with zero attached hydrogens (tertiary/aromatic N) is 1. The van der Waals surface area contributed by atoms with Crippen molar-refractivity contribution in [3.8, 4) is 0 Å². The summed E-state index contributed by atoms with van der Waals surface area (Å²) in [6, 6.07) is 8.50. The average Bonchev–Trinajstić information content (AvgIpc) is 2.43. The highest BCUT2D eigenvalue weighted by Gasteiger charge is 2.15. The van der Waals surface area contributed by atoms with Gasteiger partial charge in [0, 0.05) is 12.6 Å². The molecule has 2 rings (SSSR count). The van der Waals surface area contributed by atoms with Crippen LogP contribution in [-0.2, 0) is 17.8 Å². The van der Waals surface area contributed by atoms with Gasteiger partial charge in [0.2, 0.25) is 5.91 Å². The van der Waals surface area contributed by atoms with Gasteiger partial charge in [-0.15, -0.1) is 0 Å². The number of nitrogens with two attached hydrogens (primary N) is 2. The third-order valence-corrected chi connectivity index (χ3v) is 3.59. The van der Waals surface area contributed by atoms with Gasteiger partial charge in [-0.25, -0.2) is 5.84 Å². The molecule has 1 aliphatic rings. The molecule has 1 aromatic carbocycles. The second kappa shape index (κ2) is 6.65. The molecule has 5 N–H and O–H groups in total. The second-order valence-corrected chi connectivity index (χ2v) is 5.17. The predicted molar refractivity (Wildman–Crippen MR) is 75.0 cm³/mol. The second-order valence-electron chi connectivity index (χ2n) is 5.17. The summed E-state index contributed by atoms with van der Waals surface area (Å²) >= 11 is 0. The van der Waals surface area contributed by atoms with E-state index in [0.717, 1.165) is 38.0 Å². The van der Waals surface area contributed by atoms with Crippen LogP contribution in [0.5, 0.6) is 0 Å². The molecule has 0 unspecified atom stereocenters. The highest BCUT2D eigenvalue weighted by molar-refractivity contribution is 5.77. The van der Waals surface area contributed by atoms with E-state index in [2.05, 4.69) is 22.5 Å². The quantitative estimate of drug-likeness (QED) is 0.409. The minimum Gasteiger partial charge on any atom is -0.328 e. The Morgan fingerprint density at radius 1 is 1.21 bits per heavy atom. The van der Waals surface area contributed by atoms with Crippen LogP contribution in [0.25, 0.3) is 0 Å². The van der Waals surface area contributed by atoms with Crippen LogP contribution in [0.2, 0.25) is 0 Å². The molecule has 0 aliphatic carbocycles. The first kappa shape index (κ1) is 14.0. The van der Waals surface area contributed by atoms with Crippen molar-refractivity contribution in [1.82, 2.24) is 10.3 Å². The number of benzene rings is 1. The molecule has 104 valence electrons. The van der Waals surface area contributed by atoms with Gasteiger partial charge in [0.1, 0.15) is 0 Å². The summed E-state index contributed by atoms with van der Waals surface area (Å²) in [6.07, 6.45) is 2.48. The van der Waals surface area contributed by atoms with Crippen LogP contribution >= 0.6 is 0 Å². The highest BCUT2D eigenvalue weighted by atomic mass is 16.2. The number of likely N-dealkylation sites (tertiary alicyclic amines) is 1. The SMILES string of the molecule is NNC(=O)Cc1ccc(CN2CCC(N)CC2)cc1. The maximum Gasteiger partial charge on any atom is 0.238 e. The number of hydrazine groups is 1. The molecule has 1 saturated heterocycles. The van der Waals surface area contributed by atoms with Crippen molar-refractivity contribution in [3.63, 3.8) is 0 Å². The standard InChI is InChI=1S/C14H22N4O/c15-13-5-7-18(8-6-13)10-12-3-1-11(2-4-12)9-14(19)17-16/h1-4,13H,5-10,15-16H2,(H,17,19). The Morgan fingerprint density at radius 3 is 2.37 bits per heavy atom. The molecule has 1 aliphatic heterocycles. The fraction of sp³-hybridized carbons (Fsp3) is 0.500. The summed E-state index contributed by atoms with van der Waals surface area (Å²) < 4.78 is 0. The number of amides is 1. The average molecular weight is 262 g/mol. The Bertz CT molecular complexity index is 410. The molecule has 0 radical (unpaired) electrons. The third kappa shape index (κ3) is 4.31. The number of nitrogens with one attached hydrogen (secondary N) is 1. The lowest BCUT2D eigenvalue weighted by atomic mass is 10.0. The maximum atomic E-state index is 11.2. The van der Waals surface area contributed by atoms with Crippen LogP contribution in [-0.4, -0.2) is 29.9 Å². The van der Waals surface area contributed by atoms with E-state index in [4.69, 9.17) is 11.6 Å². The zero-order valence-corrected chi connectivity index (χ0v) is 11.1. The molecule has 0 saturated carbocycles. The fourth-order valence-corrected chi connectivity index (χ4v) is 2.37. The summed E-state index contributed by atoms with van der Waals surface area (Å²) in [7, 11) is 0. The first-order valence-corrected chi connectivity index (χ1v) is 6.72. The van der Waals surface area contributed by atoms with Crippen LogP contribution < -0.4 is 17.0 Å². The van der Waals surface area contributed by atoms with Crippen LogP contribution in [0.1, 0.15) is 24.0 Å². The maximum absolute atomic E-state index is 11.2. The molecule has 5 heteroatoms. The molecule has 0 bridgehead atoms. The number of rotatable bonds is 4. The molecule has 1 aromatic rings. The Morgan fingerprint density at radius 2 is 1.79 bits per heavy atom. The van der Waals surface area contributed by atoms with Gasteiger partial charge in [0.15, 0.2) is 0 Å². The number of piperidine rings is 1. The smallest absolute Gasteiger partial charge is 0.238 e. The van der Waals surface area contributed by atoms with Gasteiger partial charge in [-0.05, 0) is 37.1 Å². The Hall–Kier alpha value is -1.43. The van der Waals surface area contributed by atoms with Crippen molar-refractivity contribution in [2.24, 2.45) is 11.6 Å². The van der Waals surface area contributed by atoms with Gasteiger partial charge >= 0.3 is 0 Å². The lowest BCUT2D eigenvalue weighted by Crippen LogP contribution is -2.39. The van der Waals surface area contributed by atoms with E-state index in [9.17, 15) is 4.79 Å². The van der Waals surface area contributed by atoms with E-state index < -0.39 is 0 Å². The van der Waals surface area contributed by atoms with E-state index >= 15 is 0 Å². The van der Waals surface area contributed by atoms with Gasteiger partial charge in [-0.3, -0.25) is 15.1 Å². The van der Waals surface area contributed by atoms with Gasteiger partial charge in [-0.1, -0.05) is 24.3 Å². The lowest BCUT2D eigenvalue weighted by molar-refractivity contribution is -0.120. The summed E-state index contributed by atoms with van der Waals surface area (Å²) in [5.74, 6) is 4.90. The van der Waals surface area contributed by atoms with Crippen LogP contribution in [0.4, 0.5) is 0 Å². The fourth-order valence-electron chi connectivity index (χ4n) is 2.37. The van der Waals surface area contributed by atoms with Crippen molar-refractivity contribution in [1.29, 1.82) is 0 Å². The van der Waals surface area contributed by atoms with Gasteiger partial charge in [-0.2, -0.15) is 0 Å². The highest BCUT2D eigenvalue weighted by Crippen LogP contribution is 2.13. The zero-order valence-electron chi connectivity index (χ0n) is 11.1. The van der Waals surface area contributed by atoms with Crippen molar-refractivity contribution >= 4 is 5.91 Å². The number of hydrogen-bond donors (Lipinski definition) is 3. The number of hydrogen-bond acceptors (Lipinski definition) is 4. The molecule has 1 fully saturated rings.